The number of esters is 1. The van der Waals surface area contributed by atoms with Crippen molar-refractivity contribution in [2.24, 2.45) is 0 Å². The maximum absolute atomic E-state index is 11.7. The number of aromatic nitrogens is 1. The van der Waals surface area contributed by atoms with Crippen molar-refractivity contribution >= 4 is 39.1 Å². The summed E-state index contributed by atoms with van der Waals surface area (Å²) in [6.07, 6.45) is 0.140. The normalized spacial score (nSPS) is 10.2. The molecule has 0 atom stereocenters. The number of benzene rings is 1. The first-order chi connectivity index (χ1) is 10.1. The first-order valence-electron chi connectivity index (χ1n) is 6.12. The monoisotopic (exact) mass is 368 g/mol. The van der Waals surface area contributed by atoms with E-state index in [0.29, 0.717) is 5.69 Å². The summed E-state index contributed by atoms with van der Waals surface area (Å²) < 4.78 is 5.43. The molecule has 1 aromatic carbocycles. The molecule has 0 saturated carbocycles. The number of thiazole rings is 1. The first kappa shape index (κ1) is 15.7. The fourth-order valence-corrected chi connectivity index (χ4v) is 2.83. The molecule has 7 heteroatoms. The second kappa shape index (κ2) is 7.33. The summed E-state index contributed by atoms with van der Waals surface area (Å²) in [5.41, 5.74) is 1.67. The van der Waals surface area contributed by atoms with Crippen LogP contribution in [-0.4, -0.2) is 30.5 Å². The lowest BCUT2D eigenvalue weighted by atomic mass is 10.2. The minimum Gasteiger partial charge on any atom is -0.468 e. The van der Waals surface area contributed by atoms with E-state index in [0.717, 1.165) is 15.0 Å². The van der Waals surface area contributed by atoms with Crippen LogP contribution in [0, 0.1) is 0 Å². The van der Waals surface area contributed by atoms with Gasteiger partial charge >= 0.3 is 5.97 Å². The predicted molar refractivity (Wildman–Crippen MR) is 84.0 cm³/mol. The van der Waals surface area contributed by atoms with Crippen molar-refractivity contribution in [3.8, 4) is 10.6 Å². The van der Waals surface area contributed by atoms with E-state index in [4.69, 9.17) is 0 Å². The zero-order valence-corrected chi connectivity index (χ0v) is 13.7. The number of hydrogen-bond donors (Lipinski definition) is 1. The highest BCUT2D eigenvalue weighted by Gasteiger charge is 2.10. The Hall–Kier alpha value is -1.73. The van der Waals surface area contributed by atoms with E-state index in [2.05, 4.69) is 31.0 Å². The summed E-state index contributed by atoms with van der Waals surface area (Å²) in [6.45, 7) is -0.127. The molecule has 0 unspecified atom stereocenters. The molecule has 1 N–H and O–H groups in total. The molecular weight excluding hydrogens is 356 g/mol. The lowest BCUT2D eigenvalue weighted by Crippen LogP contribution is -2.31. The van der Waals surface area contributed by atoms with Gasteiger partial charge in [-0.05, 0) is 12.1 Å². The number of ether oxygens (including phenoxy) is 1. The molecular formula is C14H13BrN2O3S. The van der Waals surface area contributed by atoms with Gasteiger partial charge in [-0.3, -0.25) is 9.59 Å². The van der Waals surface area contributed by atoms with Crippen molar-refractivity contribution in [1.82, 2.24) is 10.3 Å². The SMILES string of the molecule is COC(=O)CNC(=O)Cc1csc(-c2cccc(Br)c2)n1. The largest absolute Gasteiger partial charge is 0.468 e. The van der Waals surface area contributed by atoms with Gasteiger partial charge in [0, 0.05) is 15.4 Å². The van der Waals surface area contributed by atoms with Gasteiger partial charge in [-0.25, -0.2) is 4.98 Å². The Bertz CT molecular complexity index is 657. The van der Waals surface area contributed by atoms with Crippen molar-refractivity contribution in [3.05, 3.63) is 39.8 Å². The standard InChI is InChI=1S/C14H13BrN2O3S/c1-20-13(19)7-16-12(18)6-11-8-21-14(17-11)9-3-2-4-10(15)5-9/h2-5,8H,6-7H2,1H3,(H,16,18). The van der Waals surface area contributed by atoms with Crippen LogP contribution in [0.15, 0.2) is 34.1 Å². The Labute approximate surface area is 134 Å². The van der Waals surface area contributed by atoms with Gasteiger partial charge in [-0.1, -0.05) is 28.1 Å². The Morgan fingerprint density at radius 2 is 2.24 bits per heavy atom. The van der Waals surface area contributed by atoms with Crippen LogP contribution >= 0.6 is 27.3 Å². The number of amides is 1. The van der Waals surface area contributed by atoms with Crippen LogP contribution in [0.4, 0.5) is 0 Å². The van der Waals surface area contributed by atoms with Crippen LogP contribution in [0.25, 0.3) is 10.6 Å². The molecule has 0 aliphatic carbocycles. The van der Waals surface area contributed by atoms with Crippen LogP contribution in [0.1, 0.15) is 5.69 Å². The zero-order chi connectivity index (χ0) is 15.2. The molecule has 110 valence electrons. The molecule has 1 heterocycles. The molecule has 2 rings (SSSR count). The van der Waals surface area contributed by atoms with Crippen molar-refractivity contribution < 1.29 is 14.3 Å². The molecule has 0 aliphatic rings. The molecule has 0 spiro atoms. The Morgan fingerprint density at radius 3 is 2.95 bits per heavy atom. The zero-order valence-electron chi connectivity index (χ0n) is 11.3. The van der Waals surface area contributed by atoms with Gasteiger partial charge in [0.15, 0.2) is 0 Å². The van der Waals surface area contributed by atoms with Crippen LogP contribution in [0.2, 0.25) is 0 Å². The third kappa shape index (κ3) is 4.64. The van der Waals surface area contributed by atoms with E-state index in [1.165, 1.54) is 18.4 Å². The highest BCUT2D eigenvalue weighted by Crippen LogP contribution is 2.26. The Balaban J connectivity index is 1.97. The van der Waals surface area contributed by atoms with Gasteiger partial charge in [-0.2, -0.15) is 0 Å². The number of nitrogens with zero attached hydrogens (tertiary/aromatic N) is 1. The summed E-state index contributed by atoms with van der Waals surface area (Å²) in [7, 11) is 1.28. The van der Waals surface area contributed by atoms with Gasteiger partial charge in [0.25, 0.3) is 0 Å². The summed E-state index contributed by atoms with van der Waals surface area (Å²) in [5, 5.41) is 5.18. The Morgan fingerprint density at radius 1 is 1.43 bits per heavy atom. The van der Waals surface area contributed by atoms with E-state index >= 15 is 0 Å². The van der Waals surface area contributed by atoms with Gasteiger partial charge < -0.3 is 10.1 Å². The number of rotatable bonds is 5. The van der Waals surface area contributed by atoms with E-state index in [1.807, 2.05) is 29.6 Å². The minimum atomic E-state index is -0.476. The number of carbonyl (C=O) groups is 2. The Kier molecular flexibility index (Phi) is 5.46. The van der Waals surface area contributed by atoms with Crippen LogP contribution < -0.4 is 5.32 Å². The number of methoxy groups -OCH3 is 1. The minimum absolute atomic E-state index is 0.127. The molecule has 1 aromatic heterocycles. The predicted octanol–water partition coefficient (Wildman–Crippen LogP) is 2.40. The van der Waals surface area contributed by atoms with Crippen molar-refractivity contribution in [2.45, 2.75) is 6.42 Å². The highest BCUT2D eigenvalue weighted by molar-refractivity contribution is 9.10. The van der Waals surface area contributed by atoms with Gasteiger partial charge in [0.2, 0.25) is 5.91 Å². The first-order valence-corrected chi connectivity index (χ1v) is 7.79. The maximum Gasteiger partial charge on any atom is 0.325 e. The number of hydrogen-bond acceptors (Lipinski definition) is 5. The lowest BCUT2D eigenvalue weighted by molar-refractivity contribution is -0.141. The highest BCUT2D eigenvalue weighted by atomic mass is 79.9. The van der Waals surface area contributed by atoms with Gasteiger partial charge in [-0.15, -0.1) is 11.3 Å². The van der Waals surface area contributed by atoms with Crippen molar-refractivity contribution in [2.75, 3.05) is 13.7 Å². The number of carbonyl (C=O) groups excluding carboxylic acids is 2. The van der Waals surface area contributed by atoms with Crippen LogP contribution in [0.5, 0.6) is 0 Å². The fraction of sp³-hybridized carbons (Fsp3) is 0.214. The quantitative estimate of drug-likeness (QED) is 0.822. The second-order valence-electron chi connectivity index (χ2n) is 4.18. The molecule has 0 aliphatic heterocycles. The van der Waals surface area contributed by atoms with Crippen LogP contribution in [-0.2, 0) is 20.7 Å². The van der Waals surface area contributed by atoms with E-state index < -0.39 is 5.97 Å². The molecule has 2 aromatic rings. The summed E-state index contributed by atoms with van der Waals surface area (Å²) in [6, 6.07) is 7.81. The number of nitrogens with one attached hydrogen (secondary N) is 1. The van der Waals surface area contributed by atoms with E-state index in [9.17, 15) is 9.59 Å². The van der Waals surface area contributed by atoms with Crippen LogP contribution in [0.3, 0.4) is 0 Å². The summed E-state index contributed by atoms with van der Waals surface area (Å²) >= 11 is 4.90. The topological polar surface area (TPSA) is 68.3 Å². The van der Waals surface area contributed by atoms with Gasteiger partial charge in [0.05, 0.1) is 19.2 Å². The molecule has 0 bridgehead atoms. The average Bonchev–Trinajstić information content (AvgIpc) is 2.93. The average molecular weight is 369 g/mol. The van der Waals surface area contributed by atoms with E-state index in [-0.39, 0.29) is 18.9 Å². The third-order valence-electron chi connectivity index (χ3n) is 2.62. The van der Waals surface area contributed by atoms with Crippen molar-refractivity contribution in [1.29, 1.82) is 0 Å². The van der Waals surface area contributed by atoms with Crippen molar-refractivity contribution in [3.63, 3.8) is 0 Å². The lowest BCUT2D eigenvalue weighted by Gasteiger charge is -2.02. The molecule has 0 radical (unpaired) electrons. The second-order valence-corrected chi connectivity index (χ2v) is 5.96. The summed E-state index contributed by atoms with van der Waals surface area (Å²) in [5.74, 6) is -0.733. The smallest absolute Gasteiger partial charge is 0.325 e. The molecule has 0 saturated heterocycles. The molecule has 1 amide bonds. The van der Waals surface area contributed by atoms with E-state index in [1.54, 1.807) is 0 Å². The molecule has 0 fully saturated rings. The molecule has 21 heavy (non-hydrogen) atoms. The summed E-state index contributed by atoms with van der Waals surface area (Å²) in [4.78, 5) is 27.0. The fourth-order valence-electron chi connectivity index (χ4n) is 1.61. The number of halogens is 1. The maximum atomic E-state index is 11.7. The van der Waals surface area contributed by atoms with Gasteiger partial charge in [0.1, 0.15) is 11.6 Å². The molecule has 5 nitrogen and oxygen atoms in total. The third-order valence-corrected chi connectivity index (χ3v) is 4.06.